The second-order valence-electron chi connectivity index (χ2n) is 5.67. The molecule has 0 radical (unpaired) electrons. The lowest BCUT2D eigenvalue weighted by Crippen LogP contribution is -2.30. The summed E-state index contributed by atoms with van der Waals surface area (Å²) in [7, 11) is 1.74. The monoisotopic (exact) mass is 282 g/mol. The van der Waals surface area contributed by atoms with Crippen LogP contribution >= 0.6 is 12.4 Å². The van der Waals surface area contributed by atoms with E-state index in [9.17, 15) is 0 Å². The average molecular weight is 283 g/mol. The maximum absolute atomic E-state index is 6.18. The minimum absolute atomic E-state index is 0. The summed E-state index contributed by atoms with van der Waals surface area (Å²) in [5, 5.41) is 0. The van der Waals surface area contributed by atoms with Crippen molar-refractivity contribution in [2.75, 3.05) is 20.2 Å². The van der Waals surface area contributed by atoms with Crippen LogP contribution in [0, 0.1) is 11.8 Å². The van der Waals surface area contributed by atoms with Crippen LogP contribution in [0.15, 0.2) is 24.3 Å². The van der Waals surface area contributed by atoms with Gasteiger partial charge < -0.3 is 10.5 Å². The van der Waals surface area contributed by atoms with E-state index in [1.165, 1.54) is 24.9 Å². The summed E-state index contributed by atoms with van der Waals surface area (Å²) in [6.45, 7) is 3.35. The highest BCUT2D eigenvalue weighted by molar-refractivity contribution is 5.85. The van der Waals surface area contributed by atoms with Crippen molar-refractivity contribution in [3.05, 3.63) is 29.8 Å². The van der Waals surface area contributed by atoms with Gasteiger partial charge in [0.15, 0.2) is 0 Å². The lowest BCUT2D eigenvalue weighted by molar-refractivity contribution is 0.292. The van der Waals surface area contributed by atoms with Crippen LogP contribution < -0.4 is 10.5 Å². The van der Waals surface area contributed by atoms with Gasteiger partial charge in [0.1, 0.15) is 5.75 Å². The van der Waals surface area contributed by atoms with Gasteiger partial charge in [-0.1, -0.05) is 18.2 Å². The minimum atomic E-state index is 0. The van der Waals surface area contributed by atoms with E-state index in [0.717, 1.165) is 30.7 Å². The van der Waals surface area contributed by atoms with Crippen molar-refractivity contribution >= 4 is 12.4 Å². The van der Waals surface area contributed by atoms with Crippen LogP contribution in [0.25, 0.3) is 0 Å². The molecule has 3 nitrogen and oxygen atoms in total. The Bertz CT molecular complexity index is 426. The maximum atomic E-state index is 6.18. The highest BCUT2D eigenvalue weighted by Gasteiger charge is 2.40. The van der Waals surface area contributed by atoms with Crippen LogP contribution in [-0.2, 0) is 6.54 Å². The van der Waals surface area contributed by atoms with E-state index in [1.807, 2.05) is 12.1 Å². The molecule has 1 aliphatic carbocycles. The Kier molecular flexibility index (Phi) is 4.71. The molecular weight excluding hydrogens is 260 g/mol. The lowest BCUT2D eigenvalue weighted by atomic mass is 9.98. The Labute approximate surface area is 121 Å². The number of likely N-dealkylation sites (tertiary alicyclic amines) is 1. The van der Waals surface area contributed by atoms with E-state index in [4.69, 9.17) is 10.5 Å². The Morgan fingerprint density at radius 3 is 2.79 bits per heavy atom. The van der Waals surface area contributed by atoms with Gasteiger partial charge >= 0.3 is 0 Å². The fraction of sp³-hybridized carbons (Fsp3) is 0.600. The topological polar surface area (TPSA) is 38.5 Å². The predicted octanol–water partition coefficient (Wildman–Crippen LogP) is 2.29. The molecule has 2 fully saturated rings. The highest BCUT2D eigenvalue weighted by atomic mass is 35.5. The zero-order chi connectivity index (χ0) is 12.5. The largest absolute Gasteiger partial charge is 0.496 e. The molecule has 1 aliphatic heterocycles. The molecule has 0 bridgehead atoms. The highest BCUT2D eigenvalue weighted by Crippen LogP contribution is 2.38. The van der Waals surface area contributed by atoms with E-state index in [0.29, 0.717) is 6.04 Å². The van der Waals surface area contributed by atoms with Crippen molar-refractivity contribution in [1.29, 1.82) is 0 Å². The van der Waals surface area contributed by atoms with Crippen LogP contribution in [0.5, 0.6) is 5.75 Å². The summed E-state index contributed by atoms with van der Waals surface area (Å²) in [4.78, 5) is 2.53. The van der Waals surface area contributed by atoms with Gasteiger partial charge in [0, 0.05) is 31.2 Å². The van der Waals surface area contributed by atoms with E-state index < -0.39 is 0 Å². The first-order valence-electron chi connectivity index (χ1n) is 6.87. The summed E-state index contributed by atoms with van der Waals surface area (Å²) < 4.78 is 5.42. The van der Waals surface area contributed by atoms with Crippen molar-refractivity contribution in [2.45, 2.75) is 25.4 Å². The molecule has 0 spiro atoms. The second-order valence-corrected chi connectivity index (χ2v) is 5.67. The summed E-state index contributed by atoms with van der Waals surface area (Å²) in [6.07, 6.45) is 2.53. The first-order chi connectivity index (χ1) is 8.78. The molecule has 0 amide bonds. The number of para-hydroxylation sites is 1. The van der Waals surface area contributed by atoms with Crippen molar-refractivity contribution in [2.24, 2.45) is 17.6 Å². The van der Waals surface area contributed by atoms with E-state index >= 15 is 0 Å². The number of nitrogens with zero attached hydrogens (tertiary/aromatic N) is 1. The molecule has 2 N–H and O–H groups in total. The molecule has 3 unspecified atom stereocenters. The first kappa shape index (κ1) is 14.6. The molecule has 3 atom stereocenters. The number of nitrogens with two attached hydrogens (primary N) is 1. The Morgan fingerprint density at radius 2 is 2.05 bits per heavy atom. The first-order valence-corrected chi connectivity index (χ1v) is 6.87. The normalized spacial score (nSPS) is 29.9. The van der Waals surface area contributed by atoms with Crippen molar-refractivity contribution in [3.63, 3.8) is 0 Å². The number of benzene rings is 1. The predicted molar refractivity (Wildman–Crippen MR) is 79.7 cm³/mol. The molecule has 1 aromatic rings. The van der Waals surface area contributed by atoms with Gasteiger partial charge in [-0.2, -0.15) is 0 Å². The lowest BCUT2D eigenvalue weighted by Gasteiger charge is -2.19. The molecule has 1 saturated carbocycles. The Morgan fingerprint density at radius 1 is 1.26 bits per heavy atom. The van der Waals surface area contributed by atoms with Crippen molar-refractivity contribution in [3.8, 4) is 5.75 Å². The summed E-state index contributed by atoms with van der Waals surface area (Å²) >= 11 is 0. The van der Waals surface area contributed by atoms with Crippen molar-refractivity contribution in [1.82, 2.24) is 4.90 Å². The van der Waals surface area contributed by atoms with Gasteiger partial charge in [-0.05, 0) is 30.7 Å². The third-order valence-corrected chi connectivity index (χ3v) is 4.57. The number of hydrogen-bond acceptors (Lipinski definition) is 3. The molecule has 1 aromatic carbocycles. The maximum Gasteiger partial charge on any atom is 0.123 e. The zero-order valence-corrected chi connectivity index (χ0v) is 12.2. The number of ether oxygens (including phenoxy) is 1. The SMILES string of the molecule is COc1ccccc1CN1CC2CCC(N)C2C1.Cl. The van der Waals surface area contributed by atoms with E-state index in [-0.39, 0.29) is 12.4 Å². The molecule has 19 heavy (non-hydrogen) atoms. The number of rotatable bonds is 3. The summed E-state index contributed by atoms with van der Waals surface area (Å²) in [5.74, 6) is 2.55. The van der Waals surface area contributed by atoms with Gasteiger partial charge in [0.05, 0.1) is 7.11 Å². The molecule has 1 saturated heterocycles. The molecule has 2 aliphatic rings. The standard InChI is InChI=1S/C15H22N2O.ClH/c1-18-15-5-3-2-4-12(15)9-17-8-11-6-7-14(16)13(11)10-17;/h2-5,11,13-14H,6-10,16H2,1H3;1H. The molecule has 1 heterocycles. The number of halogens is 1. The van der Waals surface area contributed by atoms with E-state index in [2.05, 4.69) is 17.0 Å². The van der Waals surface area contributed by atoms with Gasteiger partial charge in [-0.25, -0.2) is 0 Å². The van der Waals surface area contributed by atoms with Crippen LogP contribution in [0.4, 0.5) is 0 Å². The van der Waals surface area contributed by atoms with Crippen LogP contribution in [0.1, 0.15) is 18.4 Å². The third kappa shape index (κ3) is 2.88. The fourth-order valence-corrected chi connectivity index (χ4v) is 3.60. The zero-order valence-electron chi connectivity index (χ0n) is 11.4. The smallest absolute Gasteiger partial charge is 0.123 e. The van der Waals surface area contributed by atoms with Crippen LogP contribution in [-0.4, -0.2) is 31.1 Å². The fourth-order valence-electron chi connectivity index (χ4n) is 3.60. The van der Waals surface area contributed by atoms with Gasteiger partial charge in [0.25, 0.3) is 0 Å². The molecule has 4 heteroatoms. The average Bonchev–Trinajstić information content (AvgIpc) is 2.93. The molecule has 0 aromatic heterocycles. The van der Waals surface area contributed by atoms with Gasteiger partial charge in [-0.3, -0.25) is 4.90 Å². The summed E-state index contributed by atoms with van der Waals surface area (Å²) in [6, 6.07) is 8.74. The van der Waals surface area contributed by atoms with Gasteiger partial charge in [-0.15, -0.1) is 12.4 Å². The molecule has 106 valence electrons. The molecule has 3 rings (SSSR count). The van der Waals surface area contributed by atoms with E-state index in [1.54, 1.807) is 7.11 Å². The third-order valence-electron chi connectivity index (χ3n) is 4.57. The Hall–Kier alpha value is -0.770. The quantitative estimate of drug-likeness (QED) is 0.924. The second kappa shape index (κ2) is 6.12. The van der Waals surface area contributed by atoms with Gasteiger partial charge in [0.2, 0.25) is 0 Å². The molecular formula is C15H23ClN2O. The number of hydrogen-bond donors (Lipinski definition) is 1. The van der Waals surface area contributed by atoms with Crippen molar-refractivity contribution < 1.29 is 4.74 Å². The Balaban J connectivity index is 0.00000133. The van der Waals surface area contributed by atoms with Crippen LogP contribution in [0.3, 0.4) is 0 Å². The number of fused-ring (bicyclic) bond motifs is 1. The minimum Gasteiger partial charge on any atom is -0.496 e. The number of methoxy groups -OCH3 is 1. The summed E-state index contributed by atoms with van der Waals surface area (Å²) in [5.41, 5.74) is 7.47. The van der Waals surface area contributed by atoms with Crippen LogP contribution in [0.2, 0.25) is 0 Å².